The van der Waals surface area contributed by atoms with Gasteiger partial charge in [-0.1, -0.05) is 63.9 Å². The summed E-state index contributed by atoms with van der Waals surface area (Å²) in [6.45, 7) is 6.87. The van der Waals surface area contributed by atoms with Crippen LogP contribution in [0.2, 0.25) is 0 Å². The molecule has 0 aliphatic rings. The molecule has 0 spiro atoms. The lowest BCUT2D eigenvalue weighted by atomic mass is 9.84. The summed E-state index contributed by atoms with van der Waals surface area (Å²) in [5, 5.41) is 3.12. The van der Waals surface area contributed by atoms with Gasteiger partial charge in [0.15, 0.2) is 0 Å². The molecule has 0 aromatic heterocycles. The molecule has 0 radical (unpaired) electrons. The lowest BCUT2D eigenvalue weighted by Gasteiger charge is -2.25. The van der Waals surface area contributed by atoms with Crippen LogP contribution in [0.1, 0.15) is 51.5 Å². The number of amides is 1. The molecule has 0 saturated heterocycles. The number of hydrogen-bond donors (Lipinski definition) is 2. The van der Waals surface area contributed by atoms with E-state index in [0.29, 0.717) is 12.5 Å². The van der Waals surface area contributed by atoms with Crippen molar-refractivity contribution in [2.75, 3.05) is 6.54 Å². The van der Waals surface area contributed by atoms with Crippen LogP contribution in [-0.4, -0.2) is 18.5 Å². The maximum Gasteiger partial charge on any atom is 0.228 e. The molecular formula is C17H28N2O. The van der Waals surface area contributed by atoms with Crippen LogP contribution in [0.5, 0.6) is 0 Å². The molecule has 0 aliphatic carbocycles. The molecule has 0 fully saturated rings. The fourth-order valence-electron chi connectivity index (χ4n) is 2.52. The Morgan fingerprint density at radius 3 is 2.40 bits per heavy atom. The highest BCUT2D eigenvalue weighted by molar-refractivity contribution is 5.84. The molecule has 20 heavy (non-hydrogen) atoms. The van der Waals surface area contributed by atoms with Crippen LogP contribution in [0.3, 0.4) is 0 Å². The minimum absolute atomic E-state index is 0.0859. The Labute approximate surface area is 122 Å². The molecule has 112 valence electrons. The summed E-state index contributed by atoms with van der Waals surface area (Å²) in [6, 6.07) is 10.1. The van der Waals surface area contributed by atoms with E-state index in [4.69, 9.17) is 5.73 Å². The van der Waals surface area contributed by atoms with Crippen LogP contribution in [-0.2, 0) is 4.79 Å². The van der Waals surface area contributed by atoms with Gasteiger partial charge in [0.1, 0.15) is 0 Å². The van der Waals surface area contributed by atoms with Crippen LogP contribution < -0.4 is 11.1 Å². The molecule has 0 bridgehead atoms. The Balaban J connectivity index is 2.86. The molecule has 0 heterocycles. The van der Waals surface area contributed by atoms with E-state index >= 15 is 0 Å². The quantitative estimate of drug-likeness (QED) is 0.766. The van der Waals surface area contributed by atoms with Crippen LogP contribution in [0.4, 0.5) is 0 Å². The number of nitrogens with two attached hydrogens (primary N) is 1. The molecule has 3 N–H and O–H groups in total. The van der Waals surface area contributed by atoms with Gasteiger partial charge in [0.25, 0.3) is 0 Å². The fraction of sp³-hybridized carbons (Fsp3) is 0.588. The molecule has 3 unspecified atom stereocenters. The number of rotatable bonds is 8. The molecule has 1 amide bonds. The van der Waals surface area contributed by atoms with E-state index in [0.717, 1.165) is 24.8 Å². The van der Waals surface area contributed by atoms with E-state index in [-0.39, 0.29) is 17.9 Å². The van der Waals surface area contributed by atoms with Crippen molar-refractivity contribution >= 4 is 5.91 Å². The summed E-state index contributed by atoms with van der Waals surface area (Å²) in [5.41, 5.74) is 6.83. The topological polar surface area (TPSA) is 55.1 Å². The number of benzene rings is 1. The minimum Gasteiger partial charge on any atom is -0.352 e. The predicted octanol–water partition coefficient (Wildman–Crippen LogP) is 3.06. The Morgan fingerprint density at radius 2 is 1.90 bits per heavy atom. The zero-order valence-electron chi connectivity index (χ0n) is 12.9. The molecule has 0 aliphatic heterocycles. The van der Waals surface area contributed by atoms with E-state index in [1.807, 2.05) is 30.3 Å². The zero-order valence-corrected chi connectivity index (χ0v) is 12.9. The summed E-state index contributed by atoms with van der Waals surface area (Å²) in [5.74, 6) is 0.332. The fourth-order valence-corrected chi connectivity index (χ4v) is 2.52. The van der Waals surface area contributed by atoms with Crippen LogP contribution in [0.25, 0.3) is 0 Å². The number of nitrogens with one attached hydrogen (secondary N) is 1. The van der Waals surface area contributed by atoms with Gasteiger partial charge in [-0.05, 0) is 17.9 Å². The summed E-state index contributed by atoms with van der Waals surface area (Å²) >= 11 is 0. The van der Waals surface area contributed by atoms with Gasteiger partial charge in [-0.15, -0.1) is 0 Å². The summed E-state index contributed by atoms with van der Waals surface area (Å²) < 4.78 is 0. The van der Waals surface area contributed by atoms with Gasteiger partial charge in [0, 0.05) is 12.6 Å². The smallest absolute Gasteiger partial charge is 0.228 e. The maximum absolute atomic E-state index is 12.6. The average Bonchev–Trinajstić information content (AvgIpc) is 2.47. The first-order valence-corrected chi connectivity index (χ1v) is 7.69. The summed E-state index contributed by atoms with van der Waals surface area (Å²) in [4.78, 5) is 12.6. The molecule has 0 saturated carbocycles. The van der Waals surface area contributed by atoms with E-state index in [9.17, 15) is 4.79 Å². The standard InChI is InChI=1S/C17H28N2O/c1-4-9-15(12-18)19-17(20)16(13(3)5-2)14-10-7-6-8-11-14/h6-8,10-11,13,15-16H,4-5,9,12,18H2,1-3H3,(H,19,20). The highest BCUT2D eigenvalue weighted by Crippen LogP contribution is 2.27. The number of carbonyl (C=O) groups is 1. The highest BCUT2D eigenvalue weighted by atomic mass is 16.2. The second-order valence-corrected chi connectivity index (χ2v) is 5.50. The molecule has 3 nitrogen and oxygen atoms in total. The third kappa shape index (κ3) is 4.64. The molecular weight excluding hydrogens is 248 g/mol. The third-order valence-corrected chi connectivity index (χ3v) is 3.92. The van der Waals surface area contributed by atoms with E-state index in [2.05, 4.69) is 26.1 Å². The van der Waals surface area contributed by atoms with Gasteiger partial charge in [0.05, 0.1) is 5.92 Å². The van der Waals surface area contributed by atoms with Gasteiger partial charge in [-0.25, -0.2) is 0 Å². The first-order valence-electron chi connectivity index (χ1n) is 7.69. The normalized spacial score (nSPS) is 15.4. The maximum atomic E-state index is 12.6. The molecule has 3 atom stereocenters. The Kier molecular flexibility index (Phi) is 7.31. The predicted molar refractivity (Wildman–Crippen MR) is 84.5 cm³/mol. The SMILES string of the molecule is CCCC(CN)NC(=O)C(c1ccccc1)C(C)CC. The van der Waals surface area contributed by atoms with Gasteiger partial charge >= 0.3 is 0 Å². The van der Waals surface area contributed by atoms with Crippen molar-refractivity contribution in [3.8, 4) is 0 Å². The number of hydrogen-bond acceptors (Lipinski definition) is 2. The molecule has 1 aromatic carbocycles. The summed E-state index contributed by atoms with van der Waals surface area (Å²) in [7, 11) is 0. The Hall–Kier alpha value is -1.35. The van der Waals surface area contributed by atoms with E-state index in [1.54, 1.807) is 0 Å². The lowest BCUT2D eigenvalue weighted by molar-refractivity contribution is -0.124. The third-order valence-electron chi connectivity index (χ3n) is 3.92. The first-order chi connectivity index (χ1) is 9.63. The number of carbonyl (C=O) groups excluding carboxylic acids is 1. The Bertz CT molecular complexity index is 391. The van der Waals surface area contributed by atoms with Gasteiger partial charge in [0.2, 0.25) is 5.91 Å². The van der Waals surface area contributed by atoms with E-state index < -0.39 is 0 Å². The molecule has 3 heteroatoms. The van der Waals surface area contributed by atoms with Gasteiger partial charge in [-0.3, -0.25) is 4.79 Å². The average molecular weight is 276 g/mol. The van der Waals surface area contributed by atoms with Crippen molar-refractivity contribution in [1.82, 2.24) is 5.32 Å². The van der Waals surface area contributed by atoms with Crippen molar-refractivity contribution < 1.29 is 4.79 Å². The monoisotopic (exact) mass is 276 g/mol. The van der Waals surface area contributed by atoms with E-state index in [1.165, 1.54) is 0 Å². The molecule has 1 rings (SSSR count). The van der Waals surface area contributed by atoms with Crippen LogP contribution in [0, 0.1) is 5.92 Å². The summed E-state index contributed by atoms with van der Waals surface area (Å²) in [6.07, 6.45) is 2.94. The van der Waals surface area contributed by atoms with Gasteiger partial charge < -0.3 is 11.1 Å². The van der Waals surface area contributed by atoms with Crippen LogP contribution in [0.15, 0.2) is 30.3 Å². The zero-order chi connectivity index (χ0) is 15.0. The van der Waals surface area contributed by atoms with Crippen molar-refractivity contribution in [2.24, 2.45) is 11.7 Å². The van der Waals surface area contributed by atoms with Crippen molar-refractivity contribution in [3.63, 3.8) is 0 Å². The van der Waals surface area contributed by atoms with Crippen molar-refractivity contribution in [1.29, 1.82) is 0 Å². The van der Waals surface area contributed by atoms with Crippen molar-refractivity contribution in [3.05, 3.63) is 35.9 Å². The highest BCUT2D eigenvalue weighted by Gasteiger charge is 2.26. The largest absolute Gasteiger partial charge is 0.352 e. The van der Waals surface area contributed by atoms with Crippen molar-refractivity contribution in [2.45, 2.75) is 52.0 Å². The Morgan fingerprint density at radius 1 is 1.25 bits per heavy atom. The second-order valence-electron chi connectivity index (χ2n) is 5.50. The molecule has 1 aromatic rings. The first kappa shape index (κ1) is 16.7. The van der Waals surface area contributed by atoms with Crippen LogP contribution >= 0.6 is 0 Å². The lowest BCUT2D eigenvalue weighted by Crippen LogP contribution is -2.43. The minimum atomic E-state index is -0.0906. The second kappa shape index (κ2) is 8.75. The van der Waals surface area contributed by atoms with Gasteiger partial charge in [-0.2, -0.15) is 0 Å².